The molecule has 4 heteroatoms. The molecule has 1 rings (SSSR count). The highest BCUT2D eigenvalue weighted by Crippen LogP contribution is 2.14. The summed E-state index contributed by atoms with van der Waals surface area (Å²) in [5.41, 5.74) is 0. The third-order valence-corrected chi connectivity index (χ3v) is 5.82. The molecule has 1 amide bonds. The Morgan fingerprint density at radius 3 is 2.04 bits per heavy atom. The molecule has 1 unspecified atom stereocenters. The van der Waals surface area contributed by atoms with Gasteiger partial charge < -0.3 is 10.2 Å². The zero-order valence-corrected chi connectivity index (χ0v) is 19.1. The second-order valence-corrected chi connectivity index (χ2v) is 8.48. The minimum atomic E-state index is 0.0722. The summed E-state index contributed by atoms with van der Waals surface area (Å²) in [5, 5.41) is 3.19. The second-order valence-electron chi connectivity index (χ2n) is 8.48. The van der Waals surface area contributed by atoms with Crippen molar-refractivity contribution >= 4 is 11.7 Å². The molecule has 0 spiro atoms. The van der Waals surface area contributed by atoms with Crippen molar-refractivity contribution in [2.24, 2.45) is 4.99 Å². The van der Waals surface area contributed by atoms with Crippen LogP contribution >= 0.6 is 0 Å². The van der Waals surface area contributed by atoms with E-state index in [0.717, 1.165) is 25.9 Å². The number of amidine groups is 1. The standard InChI is InChI=1S/C24H47N3O/c1-4-6-8-10-11-12-13-15-17-19-24(28)26-22(3)27-21-20-25-23(27)18-16-14-9-7-5-2/h22H,4-21H2,1-3H3,(H,26,28). The van der Waals surface area contributed by atoms with E-state index in [1.54, 1.807) is 0 Å². The number of hydrogen-bond acceptors (Lipinski definition) is 3. The highest BCUT2D eigenvalue weighted by atomic mass is 16.1. The lowest BCUT2D eigenvalue weighted by molar-refractivity contribution is -0.122. The Hall–Kier alpha value is -1.06. The Bertz CT molecular complexity index is 422. The maximum atomic E-state index is 12.3. The Kier molecular flexibility index (Phi) is 15.0. The van der Waals surface area contributed by atoms with Gasteiger partial charge in [0.15, 0.2) is 0 Å². The molecule has 0 aromatic carbocycles. The SMILES string of the molecule is CCCCCCCCCCCC(=O)NC(C)N1CCN=C1CCCCCCC. The fourth-order valence-corrected chi connectivity index (χ4v) is 4.01. The number of aliphatic imine (C=N–C) groups is 1. The number of nitrogens with one attached hydrogen (secondary N) is 1. The van der Waals surface area contributed by atoms with E-state index in [0.29, 0.717) is 6.42 Å². The van der Waals surface area contributed by atoms with Crippen LogP contribution in [0.1, 0.15) is 124 Å². The minimum Gasteiger partial charge on any atom is -0.338 e. The van der Waals surface area contributed by atoms with Gasteiger partial charge in [0, 0.05) is 19.4 Å². The molecule has 28 heavy (non-hydrogen) atoms. The van der Waals surface area contributed by atoms with Crippen LogP contribution in [0, 0.1) is 0 Å². The highest BCUT2D eigenvalue weighted by molar-refractivity contribution is 5.84. The quantitative estimate of drug-likeness (QED) is 0.272. The van der Waals surface area contributed by atoms with Gasteiger partial charge in [0.05, 0.1) is 12.7 Å². The first-order valence-corrected chi connectivity index (χ1v) is 12.3. The average Bonchev–Trinajstić information content (AvgIpc) is 3.15. The van der Waals surface area contributed by atoms with E-state index in [1.807, 2.05) is 0 Å². The molecular weight excluding hydrogens is 346 g/mol. The maximum Gasteiger partial charge on any atom is 0.221 e. The number of amides is 1. The lowest BCUT2D eigenvalue weighted by atomic mass is 10.1. The summed E-state index contributed by atoms with van der Waals surface area (Å²) < 4.78 is 0. The van der Waals surface area contributed by atoms with Crippen LogP contribution in [-0.4, -0.2) is 35.9 Å². The summed E-state index contributed by atoms with van der Waals surface area (Å²) in [6, 6.07) is 0. The van der Waals surface area contributed by atoms with Crippen molar-refractivity contribution in [3.05, 3.63) is 0 Å². The normalized spacial score (nSPS) is 15.0. The monoisotopic (exact) mass is 393 g/mol. The predicted octanol–water partition coefficient (Wildman–Crippen LogP) is 6.44. The lowest BCUT2D eigenvalue weighted by Gasteiger charge is -2.28. The minimum absolute atomic E-state index is 0.0722. The van der Waals surface area contributed by atoms with E-state index in [4.69, 9.17) is 0 Å². The lowest BCUT2D eigenvalue weighted by Crippen LogP contribution is -2.47. The van der Waals surface area contributed by atoms with Gasteiger partial charge >= 0.3 is 0 Å². The van der Waals surface area contributed by atoms with Crippen LogP contribution in [-0.2, 0) is 4.79 Å². The Morgan fingerprint density at radius 2 is 1.43 bits per heavy atom. The van der Waals surface area contributed by atoms with Crippen LogP contribution in [0.15, 0.2) is 4.99 Å². The molecular formula is C24H47N3O. The van der Waals surface area contributed by atoms with Crippen LogP contribution in [0.25, 0.3) is 0 Å². The highest BCUT2D eigenvalue weighted by Gasteiger charge is 2.22. The fourth-order valence-electron chi connectivity index (χ4n) is 4.01. The number of hydrogen-bond donors (Lipinski definition) is 1. The Morgan fingerprint density at radius 1 is 0.893 bits per heavy atom. The van der Waals surface area contributed by atoms with Crippen molar-refractivity contribution in [3.8, 4) is 0 Å². The molecule has 0 fully saturated rings. The van der Waals surface area contributed by atoms with Gasteiger partial charge in [0.2, 0.25) is 5.91 Å². The molecule has 0 saturated heterocycles. The molecule has 0 radical (unpaired) electrons. The first-order chi connectivity index (χ1) is 13.7. The number of nitrogens with zero attached hydrogens (tertiary/aromatic N) is 2. The second kappa shape index (κ2) is 16.9. The van der Waals surface area contributed by atoms with Gasteiger partial charge in [-0.15, -0.1) is 0 Å². The van der Waals surface area contributed by atoms with Crippen LogP contribution in [0.5, 0.6) is 0 Å². The van der Waals surface area contributed by atoms with Crippen molar-refractivity contribution in [2.45, 2.75) is 130 Å². The summed E-state index contributed by atoms with van der Waals surface area (Å²) in [5.74, 6) is 1.40. The largest absolute Gasteiger partial charge is 0.338 e. The molecule has 4 nitrogen and oxygen atoms in total. The molecule has 1 heterocycles. The van der Waals surface area contributed by atoms with E-state index >= 15 is 0 Å². The molecule has 0 bridgehead atoms. The summed E-state index contributed by atoms with van der Waals surface area (Å²) in [4.78, 5) is 19.3. The molecule has 1 atom stereocenters. The topological polar surface area (TPSA) is 44.7 Å². The summed E-state index contributed by atoms with van der Waals surface area (Å²) in [6.45, 7) is 8.44. The number of carbonyl (C=O) groups is 1. The summed E-state index contributed by atoms with van der Waals surface area (Å²) >= 11 is 0. The van der Waals surface area contributed by atoms with E-state index in [1.165, 1.54) is 89.3 Å². The Balaban J connectivity index is 2.09. The van der Waals surface area contributed by atoms with Crippen molar-refractivity contribution < 1.29 is 4.79 Å². The van der Waals surface area contributed by atoms with Crippen LogP contribution in [0.2, 0.25) is 0 Å². The zero-order chi connectivity index (χ0) is 20.5. The molecule has 164 valence electrons. The molecule has 1 N–H and O–H groups in total. The van der Waals surface area contributed by atoms with Gasteiger partial charge in [-0.1, -0.05) is 90.9 Å². The van der Waals surface area contributed by atoms with E-state index in [-0.39, 0.29) is 12.1 Å². The molecule has 0 aromatic rings. The number of rotatable bonds is 18. The van der Waals surface area contributed by atoms with Gasteiger partial charge in [-0.25, -0.2) is 0 Å². The fraction of sp³-hybridized carbons (Fsp3) is 0.917. The van der Waals surface area contributed by atoms with E-state index in [2.05, 4.69) is 36.0 Å². The van der Waals surface area contributed by atoms with Crippen LogP contribution in [0.4, 0.5) is 0 Å². The summed E-state index contributed by atoms with van der Waals surface area (Å²) in [7, 11) is 0. The van der Waals surface area contributed by atoms with Crippen molar-refractivity contribution in [1.82, 2.24) is 10.2 Å². The van der Waals surface area contributed by atoms with E-state index < -0.39 is 0 Å². The predicted molar refractivity (Wildman–Crippen MR) is 122 cm³/mol. The van der Waals surface area contributed by atoms with Gasteiger partial charge in [-0.05, 0) is 19.8 Å². The average molecular weight is 394 g/mol. The van der Waals surface area contributed by atoms with E-state index in [9.17, 15) is 4.79 Å². The molecule has 0 saturated carbocycles. The number of carbonyl (C=O) groups excluding carboxylic acids is 1. The van der Waals surface area contributed by atoms with Crippen molar-refractivity contribution in [1.29, 1.82) is 0 Å². The number of unbranched alkanes of at least 4 members (excludes halogenated alkanes) is 12. The molecule has 0 aliphatic carbocycles. The van der Waals surface area contributed by atoms with Gasteiger partial charge in [0.25, 0.3) is 0 Å². The Labute approximate surface area is 174 Å². The van der Waals surface area contributed by atoms with Crippen LogP contribution < -0.4 is 5.32 Å². The summed E-state index contributed by atoms with van der Waals surface area (Å²) in [6.07, 6.45) is 19.9. The van der Waals surface area contributed by atoms with Gasteiger partial charge in [0.1, 0.15) is 5.84 Å². The van der Waals surface area contributed by atoms with Crippen molar-refractivity contribution in [2.75, 3.05) is 13.1 Å². The third kappa shape index (κ3) is 11.7. The van der Waals surface area contributed by atoms with Crippen molar-refractivity contribution in [3.63, 3.8) is 0 Å². The zero-order valence-electron chi connectivity index (χ0n) is 19.1. The van der Waals surface area contributed by atoms with Gasteiger partial charge in [-0.3, -0.25) is 9.79 Å². The smallest absolute Gasteiger partial charge is 0.221 e. The van der Waals surface area contributed by atoms with Gasteiger partial charge in [-0.2, -0.15) is 0 Å². The molecule has 1 aliphatic heterocycles. The third-order valence-electron chi connectivity index (χ3n) is 5.82. The first-order valence-electron chi connectivity index (χ1n) is 12.3. The maximum absolute atomic E-state index is 12.3. The molecule has 0 aromatic heterocycles. The first kappa shape index (κ1) is 25.0. The van der Waals surface area contributed by atoms with Crippen LogP contribution in [0.3, 0.4) is 0 Å². The molecule has 1 aliphatic rings.